The second-order valence-corrected chi connectivity index (χ2v) is 5.58. The monoisotopic (exact) mass is 321 g/mol. The molecular formula is C16H28BF4N. The van der Waals surface area contributed by atoms with Crippen molar-refractivity contribution in [1.29, 1.82) is 0 Å². The van der Waals surface area contributed by atoms with Crippen LogP contribution in [0.4, 0.5) is 17.3 Å². The third-order valence-electron chi connectivity index (χ3n) is 3.33. The lowest BCUT2D eigenvalue weighted by molar-refractivity contribution is -0.697. The summed E-state index contributed by atoms with van der Waals surface area (Å²) in [6.07, 6.45) is 15.6. The standard InChI is InChI=1S/C16H28N.BF4/c1-3-4-5-6-7-8-9-10-13-17-14-11-16(2)12-15-17;2-1(3,4)5/h11-12,14-15H,3-10,13H2,1-2H3;/q+1;-1. The summed E-state index contributed by atoms with van der Waals surface area (Å²) in [5.41, 5.74) is 1.34. The summed E-state index contributed by atoms with van der Waals surface area (Å²) in [7, 11) is -6.00. The Labute approximate surface area is 131 Å². The van der Waals surface area contributed by atoms with E-state index < -0.39 is 7.25 Å². The van der Waals surface area contributed by atoms with Gasteiger partial charge in [0.05, 0.1) is 0 Å². The Morgan fingerprint density at radius 1 is 0.818 bits per heavy atom. The van der Waals surface area contributed by atoms with Crippen molar-refractivity contribution in [2.75, 3.05) is 0 Å². The summed E-state index contributed by atoms with van der Waals surface area (Å²) in [6.45, 7) is 5.59. The van der Waals surface area contributed by atoms with E-state index in [2.05, 4.69) is 42.9 Å². The van der Waals surface area contributed by atoms with Gasteiger partial charge in [-0.05, 0) is 18.9 Å². The molecule has 0 radical (unpaired) electrons. The first kappa shape index (κ1) is 20.9. The molecule has 0 unspecified atom stereocenters. The highest BCUT2D eigenvalue weighted by Crippen LogP contribution is 2.08. The Balaban J connectivity index is 0.000000763. The summed E-state index contributed by atoms with van der Waals surface area (Å²) in [6, 6.07) is 4.37. The number of hydrogen-bond donors (Lipinski definition) is 0. The van der Waals surface area contributed by atoms with Crippen LogP contribution in [0, 0.1) is 6.92 Å². The third kappa shape index (κ3) is 17.0. The van der Waals surface area contributed by atoms with E-state index in [0.717, 1.165) is 0 Å². The minimum absolute atomic E-state index is 1.18. The molecule has 0 saturated heterocycles. The topological polar surface area (TPSA) is 3.88 Å². The zero-order valence-corrected chi connectivity index (χ0v) is 13.7. The largest absolute Gasteiger partial charge is 0.673 e. The van der Waals surface area contributed by atoms with Gasteiger partial charge in [-0.2, -0.15) is 0 Å². The number of aromatic nitrogens is 1. The van der Waals surface area contributed by atoms with Crippen LogP contribution in [0.15, 0.2) is 24.5 Å². The average Bonchev–Trinajstić information content (AvgIpc) is 2.42. The molecule has 6 heteroatoms. The van der Waals surface area contributed by atoms with Crippen molar-refractivity contribution in [3.8, 4) is 0 Å². The Hall–Kier alpha value is -1.07. The zero-order chi connectivity index (χ0) is 16.8. The number of halogens is 4. The first-order chi connectivity index (χ1) is 10.3. The van der Waals surface area contributed by atoms with Gasteiger partial charge in [-0.1, -0.05) is 45.4 Å². The van der Waals surface area contributed by atoms with E-state index in [1.165, 1.54) is 63.5 Å². The van der Waals surface area contributed by atoms with Crippen molar-refractivity contribution in [2.24, 2.45) is 0 Å². The van der Waals surface area contributed by atoms with Crippen molar-refractivity contribution >= 4 is 7.25 Å². The molecule has 1 rings (SSSR count). The lowest BCUT2D eigenvalue weighted by atomic mass is 10.1. The molecule has 0 N–H and O–H groups in total. The van der Waals surface area contributed by atoms with E-state index in [-0.39, 0.29) is 0 Å². The quantitative estimate of drug-likeness (QED) is 0.237. The van der Waals surface area contributed by atoms with Gasteiger partial charge in [-0.25, -0.2) is 4.57 Å². The lowest BCUT2D eigenvalue weighted by Gasteiger charge is -2.00. The van der Waals surface area contributed by atoms with E-state index in [9.17, 15) is 17.3 Å². The molecule has 0 atom stereocenters. The Bertz CT molecular complexity index is 359. The summed E-state index contributed by atoms with van der Waals surface area (Å²) in [5, 5.41) is 0. The Morgan fingerprint density at radius 3 is 1.68 bits per heavy atom. The van der Waals surface area contributed by atoms with Crippen molar-refractivity contribution < 1.29 is 21.8 Å². The van der Waals surface area contributed by atoms with Crippen molar-refractivity contribution in [2.45, 2.75) is 71.8 Å². The fourth-order valence-electron chi connectivity index (χ4n) is 2.11. The number of aryl methyl sites for hydroxylation is 2. The molecule has 22 heavy (non-hydrogen) atoms. The maximum Gasteiger partial charge on any atom is 0.673 e. The van der Waals surface area contributed by atoms with Gasteiger partial charge in [-0.3, -0.25) is 0 Å². The molecule has 0 bridgehead atoms. The molecule has 0 fully saturated rings. The number of pyridine rings is 1. The lowest BCUT2D eigenvalue weighted by Crippen LogP contribution is -2.32. The van der Waals surface area contributed by atoms with Crippen LogP contribution in [0.3, 0.4) is 0 Å². The van der Waals surface area contributed by atoms with Gasteiger partial charge in [-0.15, -0.1) is 0 Å². The fraction of sp³-hybridized carbons (Fsp3) is 0.688. The molecule has 0 aliphatic carbocycles. The van der Waals surface area contributed by atoms with Gasteiger partial charge in [0.15, 0.2) is 12.4 Å². The van der Waals surface area contributed by atoms with Crippen LogP contribution in [0.2, 0.25) is 0 Å². The van der Waals surface area contributed by atoms with Crippen LogP contribution in [-0.2, 0) is 6.54 Å². The molecule has 1 heterocycles. The van der Waals surface area contributed by atoms with Gasteiger partial charge in [0, 0.05) is 18.6 Å². The summed E-state index contributed by atoms with van der Waals surface area (Å²) < 4.78 is 41.3. The molecule has 1 aromatic rings. The minimum Gasteiger partial charge on any atom is -0.418 e. The van der Waals surface area contributed by atoms with E-state index in [1.54, 1.807) is 0 Å². The predicted octanol–water partition coefficient (Wildman–Crippen LogP) is 5.72. The van der Waals surface area contributed by atoms with Crippen LogP contribution < -0.4 is 4.57 Å². The van der Waals surface area contributed by atoms with Crippen LogP contribution in [0.5, 0.6) is 0 Å². The molecule has 128 valence electrons. The molecule has 0 aliphatic heterocycles. The van der Waals surface area contributed by atoms with Gasteiger partial charge in [0.2, 0.25) is 0 Å². The first-order valence-electron chi connectivity index (χ1n) is 8.16. The molecule has 0 aliphatic rings. The van der Waals surface area contributed by atoms with Gasteiger partial charge in [0.25, 0.3) is 0 Å². The highest BCUT2D eigenvalue weighted by atomic mass is 19.5. The number of unbranched alkanes of at least 4 members (excludes halogenated alkanes) is 7. The van der Waals surface area contributed by atoms with Crippen LogP contribution >= 0.6 is 0 Å². The third-order valence-corrected chi connectivity index (χ3v) is 3.33. The van der Waals surface area contributed by atoms with Crippen LogP contribution in [-0.4, -0.2) is 7.25 Å². The van der Waals surface area contributed by atoms with Crippen molar-refractivity contribution in [1.82, 2.24) is 0 Å². The first-order valence-corrected chi connectivity index (χ1v) is 8.16. The number of hydrogen-bond acceptors (Lipinski definition) is 0. The van der Waals surface area contributed by atoms with Gasteiger partial charge < -0.3 is 17.3 Å². The Morgan fingerprint density at radius 2 is 1.23 bits per heavy atom. The summed E-state index contributed by atoms with van der Waals surface area (Å²) >= 11 is 0. The SMILES string of the molecule is CCCCCCCCCC[n+]1ccc(C)cc1.F[B-](F)(F)F. The van der Waals surface area contributed by atoms with Crippen LogP contribution in [0.1, 0.15) is 63.9 Å². The number of rotatable bonds is 9. The van der Waals surface area contributed by atoms with Gasteiger partial charge in [0.1, 0.15) is 6.54 Å². The predicted molar refractivity (Wildman–Crippen MR) is 84.2 cm³/mol. The fourth-order valence-corrected chi connectivity index (χ4v) is 2.11. The van der Waals surface area contributed by atoms with Crippen LogP contribution in [0.25, 0.3) is 0 Å². The second-order valence-electron chi connectivity index (χ2n) is 5.58. The zero-order valence-electron chi connectivity index (χ0n) is 13.7. The van der Waals surface area contributed by atoms with Crippen molar-refractivity contribution in [3.05, 3.63) is 30.1 Å². The average molecular weight is 321 g/mol. The molecular weight excluding hydrogens is 293 g/mol. The van der Waals surface area contributed by atoms with E-state index in [4.69, 9.17) is 0 Å². The van der Waals surface area contributed by atoms with Gasteiger partial charge >= 0.3 is 7.25 Å². The van der Waals surface area contributed by atoms with Crippen molar-refractivity contribution in [3.63, 3.8) is 0 Å². The molecule has 0 saturated carbocycles. The highest BCUT2D eigenvalue weighted by Gasteiger charge is 2.20. The molecule has 0 spiro atoms. The molecule has 1 aromatic heterocycles. The maximum absolute atomic E-state index is 9.75. The summed E-state index contributed by atoms with van der Waals surface area (Å²) in [4.78, 5) is 0. The van der Waals surface area contributed by atoms with E-state index in [1.807, 2.05) is 0 Å². The smallest absolute Gasteiger partial charge is 0.418 e. The van der Waals surface area contributed by atoms with E-state index in [0.29, 0.717) is 0 Å². The highest BCUT2D eigenvalue weighted by molar-refractivity contribution is 6.50. The summed E-state index contributed by atoms with van der Waals surface area (Å²) in [5.74, 6) is 0. The number of nitrogens with zero attached hydrogens (tertiary/aromatic N) is 1. The van der Waals surface area contributed by atoms with E-state index >= 15 is 0 Å². The second kappa shape index (κ2) is 12.5. The minimum atomic E-state index is -6.00. The molecule has 1 nitrogen and oxygen atoms in total. The Kier molecular flexibility index (Phi) is 11.9. The molecule has 0 aromatic carbocycles. The maximum atomic E-state index is 9.75. The normalized spacial score (nSPS) is 11.0. The molecule has 0 amide bonds.